The Morgan fingerprint density at radius 2 is 1.95 bits per heavy atom. The quantitative estimate of drug-likeness (QED) is 0.667. The van der Waals surface area contributed by atoms with Crippen LogP contribution in [0, 0.1) is 12.3 Å². The molecular weight excluding hydrogens is 280 g/mol. The second kappa shape index (κ2) is 5.93. The molecule has 0 heterocycles. The average molecular weight is 300 g/mol. The van der Waals surface area contributed by atoms with Crippen LogP contribution in [0.4, 0.5) is 0 Å². The van der Waals surface area contributed by atoms with E-state index in [0.717, 1.165) is 5.56 Å². The van der Waals surface area contributed by atoms with E-state index >= 15 is 0 Å². The van der Waals surface area contributed by atoms with Gasteiger partial charge < -0.3 is 4.74 Å². The largest absolute Gasteiger partial charge is 0.466 e. The first kappa shape index (κ1) is 16.7. The Labute approximate surface area is 119 Å². The second-order valence-corrected chi connectivity index (χ2v) is 6.76. The standard InChI is InChI=1S/C14H20O5S/c1-5-19-13(15)14(3,4)9-11-8-10(2)6-7-12(11)20(16,17)18/h6-8H,5,9H2,1-4H3,(H,16,17,18). The Morgan fingerprint density at radius 1 is 1.35 bits per heavy atom. The molecule has 1 aromatic carbocycles. The van der Waals surface area contributed by atoms with Gasteiger partial charge in [-0.3, -0.25) is 9.35 Å². The number of carbonyl (C=O) groups is 1. The van der Waals surface area contributed by atoms with Crippen LogP contribution in [0.5, 0.6) is 0 Å². The van der Waals surface area contributed by atoms with Gasteiger partial charge in [-0.15, -0.1) is 0 Å². The minimum Gasteiger partial charge on any atom is -0.466 e. The van der Waals surface area contributed by atoms with Gasteiger partial charge in [0.1, 0.15) is 0 Å². The predicted octanol–water partition coefficient (Wildman–Crippen LogP) is 2.37. The molecule has 0 spiro atoms. The van der Waals surface area contributed by atoms with Crippen LogP contribution < -0.4 is 0 Å². The summed E-state index contributed by atoms with van der Waals surface area (Å²) < 4.78 is 37.0. The van der Waals surface area contributed by atoms with Gasteiger partial charge in [0.05, 0.1) is 16.9 Å². The van der Waals surface area contributed by atoms with Crippen LogP contribution in [0.2, 0.25) is 0 Å². The minimum atomic E-state index is -4.31. The molecule has 1 rings (SSSR count). The zero-order valence-corrected chi connectivity index (χ0v) is 13.0. The van der Waals surface area contributed by atoms with E-state index < -0.39 is 21.5 Å². The molecule has 0 fully saturated rings. The third-order valence-electron chi connectivity index (χ3n) is 2.95. The monoisotopic (exact) mass is 300 g/mol. The normalized spacial score (nSPS) is 12.2. The third kappa shape index (κ3) is 4.05. The van der Waals surface area contributed by atoms with E-state index in [2.05, 4.69) is 0 Å². The molecule has 0 atom stereocenters. The van der Waals surface area contributed by atoms with Crippen molar-refractivity contribution in [2.45, 2.75) is 39.0 Å². The van der Waals surface area contributed by atoms with Crippen molar-refractivity contribution in [1.82, 2.24) is 0 Å². The number of ether oxygens (including phenoxy) is 1. The van der Waals surface area contributed by atoms with E-state index in [0.29, 0.717) is 5.56 Å². The van der Waals surface area contributed by atoms with Gasteiger partial charge in [-0.2, -0.15) is 8.42 Å². The summed E-state index contributed by atoms with van der Waals surface area (Å²) in [6.07, 6.45) is 0.169. The maximum Gasteiger partial charge on any atom is 0.311 e. The van der Waals surface area contributed by atoms with Crippen LogP contribution in [0.3, 0.4) is 0 Å². The summed E-state index contributed by atoms with van der Waals surface area (Å²) in [5, 5.41) is 0. The Morgan fingerprint density at radius 3 is 2.45 bits per heavy atom. The highest BCUT2D eigenvalue weighted by molar-refractivity contribution is 7.85. The molecule has 0 bridgehead atoms. The number of aryl methyl sites for hydroxylation is 1. The molecule has 0 saturated heterocycles. The molecule has 0 radical (unpaired) electrons. The van der Waals surface area contributed by atoms with Crippen molar-refractivity contribution in [3.05, 3.63) is 29.3 Å². The predicted molar refractivity (Wildman–Crippen MR) is 75.1 cm³/mol. The van der Waals surface area contributed by atoms with Crippen LogP contribution in [-0.4, -0.2) is 25.5 Å². The fourth-order valence-corrected chi connectivity index (χ4v) is 2.68. The lowest BCUT2D eigenvalue weighted by atomic mass is 9.85. The molecule has 1 N–H and O–H groups in total. The van der Waals surface area contributed by atoms with Crippen molar-refractivity contribution in [3.63, 3.8) is 0 Å². The lowest BCUT2D eigenvalue weighted by molar-refractivity contribution is -0.153. The molecule has 0 unspecified atom stereocenters. The molecule has 0 aliphatic rings. The highest BCUT2D eigenvalue weighted by Crippen LogP contribution is 2.28. The molecule has 6 heteroatoms. The van der Waals surface area contributed by atoms with Gasteiger partial charge in [-0.25, -0.2) is 0 Å². The second-order valence-electron chi connectivity index (χ2n) is 5.37. The highest BCUT2D eigenvalue weighted by Gasteiger charge is 2.31. The van der Waals surface area contributed by atoms with Crippen molar-refractivity contribution in [2.24, 2.45) is 5.41 Å². The summed E-state index contributed by atoms with van der Waals surface area (Å²) in [7, 11) is -4.31. The molecule has 0 aliphatic heterocycles. The summed E-state index contributed by atoms with van der Waals surface area (Å²) in [5.41, 5.74) is 0.390. The molecule has 1 aromatic rings. The number of hydrogen-bond acceptors (Lipinski definition) is 4. The van der Waals surface area contributed by atoms with Crippen LogP contribution in [0.1, 0.15) is 31.9 Å². The maximum absolute atomic E-state index is 11.9. The van der Waals surface area contributed by atoms with E-state index in [4.69, 9.17) is 4.74 Å². The van der Waals surface area contributed by atoms with Gasteiger partial charge in [-0.05, 0) is 45.7 Å². The van der Waals surface area contributed by atoms with Gasteiger partial charge in [0.25, 0.3) is 10.1 Å². The fourth-order valence-electron chi connectivity index (χ4n) is 1.97. The molecular formula is C14H20O5S. The van der Waals surface area contributed by atoms with Crippen molar-refractivity contribution >= 4 is 16.1 Å². The summed E-state index contributed by atoms with van der Waals surface area (Å²) in [6.45, 7) is 7.16. The van der Waals surface area contributed by atoms with Gasteiger partial charge in [0.15, 0.2) is 0 Å². The van der Waals surface area contributed by atoms with E-state index in [-0.39, 0.29) is 17.9 Å². The lowest BCUT2D eigenvalue weighted by Crippen LogP contribution is -2.29. The summed E-state index contributed by atoms with van der Waals surface area (Å²) >= 11 is 0. The Balaban J connectivity index is 3.21. The first-order chi connectivity index (χ1) is 9.08. The van der Waals surface area contributed by atoms with E-state index in [1.54, 1.807) is 32.9 Å². The summed E-state index contributed by atoms with van der Waals surface area (Å²) in [5.74, 6) is -0.400. The van der Waals surface area contributed by atoms with Gasteiger partial charge >= 0.3 is 5.97 Å². The van der Waals surface area contributed by atoms with Gasteiger partial charge in [0, 0.05) is 0 Å². The van der Waals surface area contributed by atoms with Crippen LogP contribution in [0.15, 0.2) is 23.1 Å². The summed E-state index contributed by atoms with van der Waals surface area (Å²) in [6, 6.07) is 4.61. The fraction of sp³-hybridized carbons (Fsp3) is 0.500. The van der Waals surface area contributed by atoms with Gasteiger partial charge in [0.2, 0.25) is 0 Å². The van der Waals surface area contributed by atoms with Crippen LogP contribution >= 0.6 is 0 Å². The first-order valence-corrected chi connectivity index (χ1v) is 7.76. The smallest absolute Gasteiger partial charge is 0.311 e. The van der Waals surface area contributed by atoms with Crippen LogP contribution in [0.25, 0.3) is 0 Å². The van der Waals surface area contributed by atoms with E-state index in [9.17, 15) is 17.8 Å². The van der Waals surface area contributed by atoms with E-state index in [1.165, 1.54) is 6.07 Å². The lowest BCUT2D eigenvalue weighted by Gasteiger charge is -2.23. The zero-order valence-electron chi connectivity index (χ0n) is 12.1. The number of benzene rings is 1. The number of hydrogen-bond donors (Lipinski definition) is 1. The SMILES string of the molecule is CCOC(=O)C(C)(C)Cc1cc(C)ccc1S(=O)(=O)O. The first-order valence-electron chi connectivity index (χ1n) is 6.32. The van der Waals surface area contributed by atoms with Crippen molar-refractivity contribution in [3.8, 4) is 0 Å². The Bertz CT molecular complexity index is 602. The molecule has 20 heavy (non-hydrogen) atoms. The number of carbonyl (C=O) groups excluding carboxylic acids is 1. The summed E-state index contributed by atoms with van der Waals surface area (Å²) in [4.78, 5) is 11.7. The molecule has 0 saturated carbocycles. The Kier molecular flexibility index (Phi) is 4.94. The van der Waals surface area contributed by atoms with Crippen LogP contribution in [-0.2, 0) is 26.1 Å². The topological polar surface area (TPSA) is 80.7 Å². The van der Waals surface area contributed by atoms with Crippen molar-refractivity contribution < 1.29 is 22.5 Å². The highest BCUT2D eigenvalue weighted by atomic mass is 32.2. The average Bonchev–Trinajstić information content (AvgIpc) is 2.26. The third-order valence-corrected chi connectivity index (χ3v) is 3.91. The molecule has 0 aromatic heterocycles. The zero-order chi connectivity index (χ0) is 15.6. The molecule has 0 amide bonds. The number of rotatable bonds is 5. The minimum absolute atomic E-state index is 0.166. The van der Waals surface area contributed by atoms with Gasteiger partial charge in [-0.1, -0.05) is 17.7 Å². The Hall–Kier alpha value is -1.40. The molecule has 0 aliphatic carbocycles. The van der Waals surface area contributed by atoms with E-state index in [1.807, 2.05) is 6.92 Å². The van der Waals surface area contributed by atoms with Crippen molar-refractivity contribution in [1.29, 1.82) is 0 Å². The maximum atomic E-state index is 11.9. The number of esters is 1. The molecule has 5 nitrogen and oxygen atoms in total. The molecule has 112 valence electrons. The van der Waals surface area contributed by atoms with Crippen molar-refractivity contribution in [2.75, 3.05) is 6.61 Å².